The lowest BCUT2D eigenvalue weighted by atomic mass is 10.1. The fraction of sp³-hybridized carbons (Fsp3) is 0.174. The van der Waals surface area contributed by atoms with E-state index in [1.54, 1.807) is 11.3 Å². The summed E-state index contributed by atoms with van der Waals surface area (Å²) in [5.41, 5.74) is 7.89. The Kier molecular flexibility index (Phi) is 7.58. The molecule has 2 aromatic carbocycles. The molecule has 150 valence electrons. The average molecular weight is 409 g/mol. The highest BCUT2D eigenvalue weighted by Gasteiger charge is 2.02. The standard InChI is InChI=1S/C23H24N2O3S/c1-17(20-8-4-18(5-9-20)15-24-13-12-23(26)27)25-28-16-19-6-10-21(11-7-19)22-3-2-14-29-22/h2-11,14,24-25H,1,12-13,15-16H2,(H,26,27). The minimum atomic E-state index is -0.798. The third-order valence-corrected chi connectivity index (χ3v) is 5.26. The quantitative estimate of drug-likeness (QED) is 0.318. The molecule has 0 aliphatic carbocycles. The van der Waals surface area contributed by atoms with E-state index < -0.39 is 5.97 Å². The van der Waals surface area contributed by atoms with Crippen molar-refractivity contribution in [3.63, 3.8) is 0 Å². The van der Waals surface area contributed by atoms with Crippen molar-refractivity contribution in [2.75, 3.05) is 6.54 Å². The van der Waals surface area contributed by atoms with Crippen LogP contribution in [-0.4, -0.2) is 17.6 Å². The van der Waals surface area contributed by atoms with E-state index in [1.807, 2.05) is 24.3 Å². The number of carboxylic acids is 1. The van der Waals surface area contributed by atoms with Crippen LogP contribution in [0.2, 0.25) is 0 Å². The van der Waals surface area contributed by atoms with Gasteiger partial charge in [0, 0.05) is 18.0 Å². The molecule has 0 radical (unpaired) electrons. The third kappa shape index (κ3) is 6.57. The minimum Gasteiger partial charge on any atom is -0.481 e. The second-order valence-electron chi connectivity index (χ2n) is 6.56. The molecule has 1 aromatic heterocycles. The van der Waals surface area contributed by atoms with E-state index in [0.717, 1.165) is 16.7 Å². The number of carboxylic acid groups (broad SMARTS) is 1. The van der Waals surface area contributed by atoms with Gasteiger partial charge in [0.1, 0.15) is 0 Å². The van der Waals surface area contributed by atoms with Crippen LogP contribution in [-0.2, 0) is 22.8 Å². The summed E-state index contributed by atoms with van der Waals surface area (Å²) >= 11 is 1.73. The number of hydrogen-bond donors (Lipinski definition) is 3. The number of hydroxylamine groups is 1. The number of benzene rings is 2. The molecule has 0 spiro atoms. The maximum atomic E-state index is 10.5. The van der Waals surface area contributed by atoms with Gasteiger partial charge in [-0.1, -0.05) is 61.2 Å². The van der Waals surface area contributed by atoms with Gasteiger partial charge in [0.2, 0.25) is 0 Å². The monoisotopic (exact) mass is 408 g/mol. The number of nitrogens with one attached hydrogen (secondary N) is 2. The SMILES string of the molecule is C=C(NOCc1ccc(-c2cccs2)cc1)c1ccc(CNCCC(=O)O)cc1. The van der Waals surface area contributed by atoms with Gasteiger partial charge in [0.15, 0.2) is 0 Å². The predicted molar refractivity (Wildman–Crippen MR) is 117 cm³/mol. The van der Waals surface area contributed by atoms with Crippen LogP contribution < -0.4 is 10.8 Å². The van der Waals surface area contributed by atoms with Crippen molar-refractivity contribution in [3.05, 3.63) is 89.3 Å². The first-order valence-electron chi connectivity index (χ1n) is 9.33. The van der Waals surface area contributed by atoms with Crippen LogP contribution >= 0.6 is 11.3 Å². The van der Waals surface area contributed by atoms with Gasteiger partial charge in [-0.3, -0.25) is 15.1 Å². The van der Waals surface area contributed by atoms with E-state index in [0.29, 0.717) is 25.4 Å². The van der Waals surface area contributed by atoms with Gasteiger partial charge in [-0.15, -0.1) is 11.3 Å². The summed E-state index contributed by atoms with van der Waals surface area (Å²) in [5, 5.41) is 13.8. The Morgan fingerprint density at radius 3 is 2.41 bits per heavy atom. The summed E-state index contributed by atoms with van der Waals surface area (Å²) in [5.74, 6) is -0.798. The molecule has 0 saturated heterocycles. The van der Waals surface area contributed by atoms with Crippen molar-refractivity contribution in [3.8, 4) is 10.4 Å². The normalized spacial score (nSPS) is 10.6. The highest BCUT2D eigenvalue weighted by Crippen LogP contribution is 2.24. The summed E-state index contributed by atoms with van der Waals surface area (Å²) < 4.78 is 0. The van der Waals surface area contributed by atoms with Crippen molar-refractivity contribution in [2.45, 2.75) is 19.6 Å². The lowest BCUT2D eigenvalue weighted by Gasteiger charge is -2.11. The molecule has 0 aliphatic rings. The molecular weight excluding hydrogens is 384 g/mol. The van der Waals surface area contributed by atoms with E-state index in [1.165, 1.54) is 10.4 Å². The maximum absolute atomic E-state index is 10.5. The van der Waals surface area contributed by atoms with Crippen molar-refractivity contribution >= 4 is 23.0 Å². The van der Waals surface area contributed by atoms with Crippen LogP contribution in [0, 0.1) is 0 Å². The first-order valence-corrected chi connectivity index (χ1v) is 10.2. The summed E-state index contributed by atoms with van der Waals surface area (Å²) in [6.07, 6.45) is 0.118. The first-order chi connectivity index (χ1) is 14.1. The summed E-state index contributed by atoms with van der Waals surface area (Å²) in [6.45, 7) is 5.53. The van der Waals surface area contributed by atoms with Gasteiger partial charge < -0.3 is 10.4 Å². The number of aliphatic carboxylic acids is 1. The van der Waals surface area contributed by atoms with E-state index in [-0.39, 0.29) is 6.42 Å². The summed E-state index contributed by atoms with van der Waals surface area (Å²) in [4.78, 5) is 17.3. The van der Waals surface area contributed by atoms with Gasteiger partial charge in [-0.05, 0) is 33.7 Å². The molecule has 6 heteroatoms. The molecule has 3 N–H and O–H groups in total. The van der Waals surface area contributed by atoms with Crippen molar-refractivity contribution in [2.24, 2.45) is 0 Å². The highest BCUT2D eigenvalue weighted by atomic mass is 32.1. The van der Waals surface area contributed by atoms with Crippen LogP contribution in [0.25, 0.3) is 16.1 Å². The zero-order chi connectivity index (χ0) is 20.5. The van der Waals surface area contributed by atoms with Crippen LogP contribution in [0.1, 0.15) is 23.1 Å². The van der Waals surface area contributed by atoms with Gasteiger partial charge in [-0.25, -0.2) is 0 Å². The first kappa shape index (κ1) is 20.8. The number of carbonyl (C=O) groups is 1. The molecule has 5 nitrogen and oxygen atoms in total. The molecule has 0 atom stereocenters. The van der Waals surface area contributed by atoms with Crippen molar-refractivity contribution < 1.29 is 14.7 Å². The second-order valence-corrected chi connectivity index (χ2v) is 7.51. The predicted octanol–water partition coefficient (Wildman–Crippen LogP) is 4.67. The number of hydrogen-bond acceptors (Lipinski definition) is 5. The second kappa shape index (κ2) is 10.6. The molecule has 0 unspecified atom stereocenters. The fourth-order valence-corrected chi connectivity index (χ4v) is 3.46. The average Bonchev–Trinajstić information content (AvgIpc) is 3.27. The van der Waals surface area contributed by atoms with Crippen LogP contribution in [0.4, 0.5) is 0 Å². The molecule has 1 heterocycles. The number of rotatable bonds is 11. The Morgan fingerprint density at radius 1 is 1.03 bits per heavy atom. The Labute approximate surface area is 174 Å². The van der Waals surface area contributed by atoms with Gasteiger partial charge in [0.05, 0.1) is 18.7 Å². The van der Waals surface area contributed by atoms with Gasteiger partial charge >= 0.3 is 5.97 Å². The minimum absolute atomic E-state index is 0.118. The lowest BCUT2D eigenvalue weighted by Crippen LogP contribution is -2.17. The Morgan fingerprint density at radius 2 is 1.76 bits per heavy atom. The molecular formula is C23H24N2O3S. The van der Waals surface area contributed by atoms with Crippen LogP contribution in [0.5, 0.6) is 0 Å². The third-order valence-electron chi connectivity index (χ3n) is 4.34. The number of thiophene rings is 1. The smallest absolute Gasteiger partial charge is 0.304 e. The topological polar surface area (TPSA) is 70.6 Å². The van der Waals surface area contributed by atoms with Crippen molar-refractivity contribution in [1.29, 1.82) is 0 Å². The largest absolute Gasteiger partial charge is 0.481 e. The molecule has 3 aromatic rings. The molecule has 3 rings (SSSR count). The zero-order valence-corrected chi connectivity index (χ0v) is 16.9. The highest BCUT2D eigenvalue weighted by molar-refractivity contribution is 7.13. The molecule has 0 saturated carbocycles. The van der Waals surface area contributed by atoms with Gasteiger partial charge in [0.25, 0.3) is 0 Å². The molecule has 0 amide bonds. The molecule has 29 heavy (non-hydrogen) atoms. The lowest BCUT2D eigenvalue weighted by molar-refractivity contribution is -0.136. The van der Waals surface area contributed by atoms with Crippen LogP contribution in [0.15, 0.2) is 72.6 Å². The zero-order valence-electron chi connectivity index (χ0n) is 16.1. The summed E-state index contributed by atoms with van der Waals surface area (Å²) in [7, 11) is 0. The van der Waals surface area contributed by atoms with E-state index in [9.17, 15) is 4.79 Å². The van der Waals surface area contributed by atoms with E-state index >= 15 is 0 Å². The Bertz CT molecular complexity index is 920. The molecule has 0 aliphatic heterocycles. The Hall–Kier alpha value is -2.93. The van der Waals surface area contributed by atoms with Crippen LogP contribution in [0.3, 0.4) is 0 Å². The maximum Gasteiger partial charge on any atom is 0.304 e. The fourth-order valence-electron chi connectivity index (χ4n) is 2.73. The van der Waals surface area contributed by atoms with E-state index in [4.69, 9.17) is 9.94 Å². The Balaban J connectivity index is 1.41. The molecule has 0 bridgehead atoms. The van der Waals surface area contributed by atoms with Crippen molar-refractivity contribution in [1.82, 2.24) is 10.8 Å². The van der Waals surface area contributed by atoms with E-state index in [2.05, 4.69) is 59.2 Å². The molecule has 0 fully saturated rings. The van der Waals surface area contributed by atoms with Gasteiger partial charge in [-0.2, -0.15) is 0 Å². The summed E-state index contributed by atoms with van der Waals surface area (Å²) in [6, 6.07) is 20.4.